The average Bonchev–Trinajstić information content (AvgIpc) is 2.15. The number of carbonyl (C=O) groups excluding carboxylic acids is 1. The molecule has 0 aliphatic carbocycles. The van der Waals surface area contributed by atoms with Crippen LogP contribution in [-0.4, -0.2) is 5.78 Å². The van der Waals surface area contributed by atoms with E-state index in [-0.39, 0.29) is 5.56 Å². The first-order valence-electron chi connectivity index (χ1n) is 4.40. The lowest BCUT2D eigenvalue weighted by atomic mass is 9.97. The number of alkyl halides is 3. The standard InChI is InChI=1S/C11H8F3NO/c1-6-3-9(7(2)16)10(11(12,13)14)4-8(6)5-15/h3-4H,1-2H3. The Morgan fingerprint density at radius 3 is 2.31 bits per heavy atom. The molecule has 1 rings (SSSR count). The van der Waals surface area contributed by atoms with Gasteiger partial charge in [-0.05, 0) is 31.5 Å². The van der Waals surface area contributed by atoms with Crippen LogP contribution >= 0.6 is 0 Å². The summed E-state index contributed by atoms with van der Waals surface area (Å²) in [6.07, 6.45) is -4.62. The second kappa shape index (κ2) is 3.97. The summed E-state index contributed by atoms with van der Waals surface area (Å²) in [6, 6.07) is 3.48. The van der Waals surface area contributed by atoms with Gasteiger partial charge < -0.3 is 0 Å². The van der Waals surface area contributed by atoms with Crippen molar-refractivity contribution in [1.29, 1.82) is 5.26 Å². The summed E-state index contributed by atoms with van der Waals surface area (Å²) in [4.78, 5) is 11.1. The van der Waals surface area contributed by atoms with Gasteiger partial charge in [-0.2, -0.15) is 18.4 Å². The van der Waals surface area contributed by atoms with Crippen LogP contribution in [0.3, 0.4) is 0 Å². The van der Waals surface area contributed by atoms with Gasteiger partial charge in [0, 0.05) is 5.56 Å². The predicted octanol–water partition coefficient (Wildman–Crippen LogP) is 3.09. The van der Waals surface area contributed by atoms with Crippen LogP contribution in [-0.2, 0) is 6.18 Å². The third-order valence-electron chi connectivity index (χ3n) is 2.17. The number of halogens is 3. The fourth-order valence-corrected chi connectivity index (χ4v) is 1.35. The summed E-state index contributed by atoms with van der Waals surface area (Å²) in [5.41, 5.74) is -1.16. The first-order valence-corrected chi connectivity index (χ1v) is 4.40. The third kappa shape index (κ3) is 2.22. The number of nitrogens with zero attached hydrogens (tertiary/aromatic N) is 1. The smallest absolute Gasteiger partial charge is 0.294 e. The molecule has 84 valence electrons. The third-order valence-corrected chi connectivity index (χ3v) is 2.17. The van der Waals surface area contributed by atoms with Gasteiger partial charge in [0.25, 0.3) is 0 Å². The van der Waals surface area contributed by atoms with Gasteiger partial charge in [-0.3, -0.25) is 4.79 Å². The van der Waals surface area contributed by atoms with Crippen molar-refractivity contribution in [3.63, 3.8) is 0 Å². The zero-order valence-electron chi connectivity index (χ0n) is 8.64. The van der Waals surface area contributed by atoms with Crippen LogP contribution in [0.2, 0.25) is 0 Å². The zero-order valence-corrected chi connectivity index (χ0v) is 8.64. The van der Waals surface area contributed by atoms with Crippen LogP contribution in [0.25, 0.3) is 0 Å². The van der Waals surface area contributed by atoms with E-state index in [1.807, 2.05) is 0 Å². The Morgan fingerprint density at radius 2 is 1.94 bits per heavy atom. The Bertz CT molecular complexity index is 483. The number of hydrogen-bond acceptors (Lipinski definition) is 2. The lowest BCUT2D eigenvalue weighted by Crippen LogP contribution is -2.12. The highest BCUT2D eigenvalue weighted by Gasteiger charge is 2.35. The van der Waals surface area contributed by atoms with Crippen LogP contribution in [0.5, 0.6) is 0 Å². The van der Waals surface area contributed by atoms with Crippen molar-refractivity contribution in [1.82, 2.24) is 0 Å². The second-order valence-corrected chi connectivity index (χ2v) is 3.38. The largest absolute Gasteiger partial charge is 0.417 e. The van der Waals surface area contributed by atoms with Crippen LogP contribution < -0.4 is 0 Å². The molecule has 16 heavy (non-hydrogen) atoms. The summed E-state index contributed by atoms with van der Waals surface area (Å²) >= 11 is 0. The van der Waals surface area contributed by atoms with E-state index in [2.05, 4.69) is 0 Å². The number of rotatable bonds is 1. The lowest BCUT2D eigenvalue weighted by molar-refractivity contribution is -0.137. The van der Waals surface area contributed by atoms with Crippen LogP contribution in [0.1, 0.15) is 34.0 Å². The molecule has 0 aromatic heterocycles. The molecular weight excluding hydrogens is 219 g/mol. The molecule has 0 heterocycles. The maximum absolute atomic E-state index is 12.6. The van der Waals surface area contributed by atoms with Gasteiger partial charge in [0.2, 0.25) is 0 Å². The summed E-state index contributed by atoms with van der Waals surface area (Å²) in [5, 5.41) is 8.64. The minimum Gasteiger partial charge on any atom is -0.294 e. The molecule has 0 fully saturated rings. The molecular formula is C11H8F3NO. The van der Waals surface area contributed by atoms with Crippen molar-refractivity contribution in [2.24, 2.45) is 0 Å². The molecule has 1 aromatic carbocycles. The highest BCUT2D eigenvalue weighted by Crippen LogP contribution is 2.33. The molecule has 0 aliphatic heterocycles. The number of ketones is 1. The minimum absolute atomic E-state index is 0.0719. The second-order valence-electron chi connectivity index (χ2n) is 3.38. The maximum atomic E-state index is 12.6. The van der Waals surface area contributed by atoms with Crippen molar-refractivity contribution in [2.45, 2.75) is 20.0 Å². The Morgan fingerprint density at radius 1 is 1.38 bits per heavy atom. The highest BCUT2D eigenvalue weighted by molar-refractivity contribution is 5.96. The van der Waals surface area contributed by atoms with E-state index < -0.39 is 23.1 Å². The van der Waals surface area contributed by atoms with Gasteiger partial charge in [-0.1, -0.05) is 0 Å². The van der Waals surface area contributed by atoms with Crippen molar-refractivity contribution in [3.05, 3.63) is 34.4 Å². The molecule has 0 saturated carbocycles. The molecule has 0 atom stereocenters. The Hall–Kier alpha value is -1.83. The maximum Gasteiger partial charge on any atom is 0.417 e. The molecule has 1 aromatic rings. The molecule has 0 amide bonds. The molecule has 2 nitrogen and oxygen atoms in total. The number of aryl methyl sites for hydroxylation is 1. The molecule has 5 heteroatoms. The van der Waals surface area contributed by atoms with E-state index in [1.165, 1.54) is 6.92 Å². The highest BCUT2D eigenvalue weighted by atomic mass is 19.4. The number of benzene rings is 1. The van der Waals surface area contributed by atoms with Gasteiger partial charge >= 0.3 is 6.18 Å². The molecule has 0 unspecified atom stereocenters. The van der Waals surface area contributed by atoms with Gasteiger partial charge in [0.15, 0.2) is 5.78 Å². The van der Waals surface area contributed by atoms with Crippen LogP contribution in [0.4, 0.5) is 13.2 Å². The molecule has 0 bridgehead atoms. The molecule has 0 spiro atoms. The Labute approximate surface area is 90.3 Å². The van der Waals surface area contributed by atoms with Crippen LogP contribution in [0, 0.1) is 18.3 Å². The van der Waals surface area contributed by atoms with E-state index in [1.54, 1.807) is 6.07 Å². The summed E-state index contributed by atoms with van der Waals surface area (Å²) in [5.74, 6) is -0.667. The first kappa shape index (κ1) is 12.2. The first-order chi connectivity index (χ1) is 7.27. The number of hydrogen-bond donors (Lipinski definition) is 0. The Kier molecular flexibility index (Phi) is 3.04. The average molecular weight is 227 g/mol. The van der Waals surface area contributed by atoms with E-state index in [0.29, 0.717) is 11.6 Å². The topological polar surface area (TPSA) is 40.9 Å². The van der Waals surface area contributed by atoms with Gasteiger partial charge in [0.05, 0.1) is 17.2 Å². The summed E-state index contributed by atoms with van der Waals surface area (Å²) in [7, 11) is 0. The van der Waals surface area contributed by atoms with Crippen molar-refractivity contribution in [3.8, 4) is 6.07 Å². The Balaban J connectivity index is 3.57. The SMILES string of the molecule is CC(=O)c1cc(C)c(C#N)cc1C(F)(F)F. The predicted molar refractivity (Wildman–Crippen MR) is 50.9 cm³/mol. The molecule has 0 N–H and O–H groups in total. The van der Waals surface area contributed by atoms with Crippen molar-refractivity contribution < 1.29 is 18.0 Å². The van der Waals surface area contributed by atoms with Crippen molar-refractivity contribution >= 4 is 5.78 Å². The number of Topliss-reactive ketones (excluding diaryl/α,β-unsaturated/α-hetero) is 1. The van der Waals surface area contributed by atoms with E-state index >= 15 is 0 Å². The number of nitriles is 1. The summed E-state index contributed by atoms with van der Waals surface area (Å²) < 4.78 is 37.8. The van der Waals surface area contributed by atoms with E-state index in [9.17, 15) is 18.0 Å². The molecule has 0 saturated heterocycles. The fourth-order valence-electron chi connectivity index (χ4n) is 1.35. The van der Waals surface area contributed by atoms with E-state index in [0.717, 1.165) is 13.0 Å². The quantitative estimate of drug-likeness (QED) is 0.691. The number of carbonyl (C=O) groups is 1. The van der Waals surface area contributed by atoms with Gasteiger partial charge in [-0.25, -0.2) is 0 Å². The normalized spacial score (nSPS) is 11.0. The van der Waals surface area contributed by atoms with Crippen LogP contribution in [0.15, 0.2) is 12.1 Å². The minimum atomic E-state index is -4.62. The molecule has 0 aliphatic rings. The van der Waals surface area contributed by atoms with Gasteiger partial charge in [-0.15, -0.1) is 0 Å². The van der Waals surface area contributed by atoms with Crippen molar-refractivity contribution in [2.75, 3.05) is 0 Å². The fraction of sp³-hybridized carbons (Fsp3) is 0.273. The zero-order chi connectivity index (χ0) is 12.5. The summed E-state index contributed by atoms with van der Waals surface area (Å²) in [6.45, 7) is 2.56. The lowest BCUT2D eigenvalue weighted by Gasteiger charge is -2.12. The van der Waals surface area contributed by atoms with E-state index in [4.69, 9.17) is 5.26 Å². The molecule has 0 radical (unpaired) electrons. The van der Waals surface area contributed by atoms with Gasteiger partial charge in [0.1, 0.15) is 0 Å². The monoisotopic (exact) mass is 227 g/mol.